The Kier molecular flexibility index (Phi) is 9.40. The summed E-state index contributed by atoms with van der Waals surface area (Å²) < 4.78 is 36.6. The molecule has 40 heavy (non-hydrogen) atoms. The van der Waals surface area contributed by atoms with Crippen LogP contribution >= 0.6 is 0 Å². The number of ether oxygens (including phenoxy) is 6. The van der Waals surface area contributed by atoms with Gasteiger partial charge in [-0.3, -0.25) is 9.69 Å². The van der Waals surface area contributed by atoms with Crippen LogP contribution in [0.3, 0.4) is 0 Å². The standard InChI is InChI=1S/C31H42N2O7/c1-30(2)39-27-20-31(38-22-24-10-7-11-25(18-24)35-3,29(34)32-12-13-33-14-16-36-17-15-33)19-26(28(27)40-30)37-21-23-8-5-4-6-9-23/h4-11,18,26-28H,12-17,19-22H2,1-3H3,(H,32,34)/t26?,27-,28+,31-/m1/s1. The Morgan fingerprint density at radius 2 is 1.77 bits per heavy atom. The molecule has 1 N–H and O–H groups in total. The second-order valence-corrected chi connectivity index (χ2v) is 11.2. The molecule has 2 heterocycles. The van der Waals surface area contributed by atoms with E-state index in [4.69, 9.17) is 28.4 Å². The van der Waals surface area contributed by atoms with Gasteiger partial charge in [0, 0.05) is 39.0 Å². The number of rotatable bonds is 11. The third kappa shape index (κ3) is 7.21. The molecule has 4 atom stereocenters. The predicted molar refractivity (Wildman–Crippen MR) is 149 cm³/mol. The lowest BCUT2D eigenvalue weighted by Gasteiger charge is -2.43. The summed E-state index contributed by atoms with van der Waals surface area (Å²) in [5.74, 6) is -0.185. The molecule has 5 rings (SSSR count). The van der Waals surface area contributed by atoms with Crippen LogP contribution in [0, 0.1) is 0 Å². The van der Waals surface area contributed by atoms with E-state index in [1.165, 1.54) is 0 Å². The van der Waals surface area contributed by atoms with E-state index in [-0.39, 0.29) is 24.7 Å². The van der Waals surface area contributed by atoms with Crippen LogP contribution in [0.5, 0.6) is 5.75 Å². The van der Waals surface area contributed by atoms with Crippen LogP contribution in [0.1, 0.15) is 37.8 Å². The van der Waals surface area contributed by atoms with Gasteiger partial charge in [0.1, 0.15) is 11.9 Å². The van der Waals surface area contributed by atoms with Crippen molar-refractivity contribution in [3.05, 3.63) is 65.7 Å². The summed E-state index contributed by atoms with van der Waals surface area (Å²) in [6.07, 6.45) is -0.308. The SMILES string of the molecule is COc1cccc(CO[C@]2(C(=O)NCCN3CCOCC3)CC(OCc3ccccc3)[C@@H]3OC(C)(C)O[C@@H]3C2)c1. The van der Waals surface area contributed by atoms with Crippen molar-refractivity contribution in [2.45, 2.75) is 69.6 Å². The van der Waals surface area contributed by atoms with E-state index >= 15 is 0 Å². The minimum absolute atomic E-state index is 0.149. The Hall–Kier alpha value is -2.53. The molecule has 9 nitrogen and oxygen atoms in total. The lowest BCUT2D eigenvalue weighted by Crippen LogP contribution is -2.60. The third-order valence-electron chi connectivity index (χ3n) is 7.84. The molecule has 1 aliphatic carbocycles. The van der Waals surface area contributed by atoms with Gasteiger partial charge in [0.2, 0.25) is 0 Å². The first kappa shape index (κ1) is 29.0. The first-order valence-electron chi connectivity index (χ1n) is 14.2. The fourth-order valence-corrected chi connectivity index (χ4v) is 5.78. The van der Waals surface area contributed by atoms with Crippen molar-refractivity contribution in [2.24, 2.45) is 0 Å². The molecular weight excluding hydrogens is 512 g/mol. The monoisotopic (exact) mass is 554 g/mol. The molecule has 0 bridgehead atoms. The Balaban J connectivity index is 1.36. The summed E-state index contributed by atoms with van der Waals surface area (Å²) in [7, 11) is 1.64. The predicted octanol–water partition coefficient (Wildman–Crippen LogP) is 3.30. The number of nitrogens with one attached hydrogen (secondary N) is 1. The van der Waals surface area contributed by atoms with Crippen molar-refractivity contribution in [2.75, 3.05) is 46.5 Å². The van der Waals surface area contributed by atoms with Crippen molar-refractivity contribution >= 4 is 5.91 Å². The van der Waals surface area contributed by atoms with E-state index in [1.807, 2.05) is 68.4 Å². The van der Waals surface area contributed by atoms with E-state index < -0.39 is 17.5 Å². The Bertz CT molecular complexity index is 1110. The molecule has 1 amide bonds. The van der Waals surface area contributed by atoms with Crippen LogP contribution in [0.25, 0.3) is 0 Å². The van der Waals surface area contributed by atoms with Gasteiger partial charge in [-0.05, 0) is 37.1 Å². The largest absolute Gasteiger partial charge is 0.497 e. The van der Waals surface area contributed by atoms with Gasteiger partial charge in [0.15, 0.2) is 11.4 Å². The summed E-state index contributed by atoms with van der Waals surface area (Å²) in [5, 5.41) is 3.17. The number of hydrogen-bond donors (Lipinski definition) is 1. The maximum Gasteiger partial charge on any atom is 0.252 e. The molecule has 3 fully saturated rings. The minimum atomic E-state index is -1.15. The van der Waals surface area contributed by atoms with Gasteiger partial charge < -0.3 is 33.7 Å². The number of carbonyl (C=O) groups excluding carboxylic acids is 1. The molecule has 9 heteroatoms. The number of methoxy groups -OCH3 is 1. The zero-order valence-electron chi connectivity index (χ0n) is 23.8. The molecule has 2 saturated heterocycles. The average molecular weight is 555 g/mol. The number of hydrogen-bond acceptors (Lipinski definition) is 8. The lowest BCUT2D eigenvalue weighted by atomic mass is 9.78. The van der Waals surface area contributed by atoms with Crippen molar-refractivity contribution in [1.82, 2.24) is 10.2 Å². The van der Waals surface area contributed by atoms with E-state index in [0.29, 0.717) is 26.0 Å². The van der Waals surface area contributed by atoms with Crippen LogP contribution in [0.15, 0.2) is 54.6 Å². The van der Waals surface area contributed by atoms with Gasteiger partial charge >= 0.3 is 0 Å². The van der Waals surface area contributed by atoms with Gasteiger partial charge in [-0.25, -0.2) is 0 Å². The topological polar surface area (TPSA) is 87.7 Å². The molecule has 0 spiro atoms. The van der Waals surface area contributed by atoms with Crippen molar-refractivity contribution in [3.8, 4) is 5.75 Å². The first-order chi connectivity index (χ1) is 19.4. The molecule has 2 aliphatic heterocycles. The minimum Gasteiger partial charge on any atom is -0.497 e. The van der Waals surface area contributed by atoms with Gasteiger partial charge in [-0.2, -0.15) is 0 Å². The number of nitrogens with zero attached hydrogens (tertiary/aromatic N) is 1. The Morgan fingerprint density at radius 1 is 1.00 bits per heavy atom. The summed E-state index contributed by atoms with van der Waals surface area (Å²) in [4.78, 5) is 16.3. The molecule has 0 aromatic heterocycles. The highest BCUT2D eigenvalue weighted by Gasteiger charge is 2.58. The summed E-state index contributed by atoms with van der Waals surface area (Å²) >= 11 is 0. The summed E-state index contributed by atoms with van der Waals surface area (Å²) in [6.45, 7) is 8.92. The highest BCUT2D eigenvalue weighted by Crippen LogP contribution is 2.44. The molecule has 2 aromatic rings. The zero-order chi connectivity index (χ0) is 28.0. The van der Waals surface area contributed by atoms with Crippen LogP contribution in [-0.2, 0) is 41.7 Å². The fourth-order valence-electron chi connectivity index (χ4n) is 5.78. The molecule has 1 unspecified atom stereocenters. The lowest BCUT2D eigenvalue weighted by molar-refractivity contribution is -0.183. The quantitative estimate of drug-likeness (QED) is 0.453. The van der Waals surface area contributed by atoms with E-state index in [1.54, 1.807) is 7.11 Å². The van der Waals surface area contributed by atoms with Gasteiger partial charge in [0.05, 0.1) is 45.7 Å². The molecule has 0 radical (unpaired) electrons. The molecule has 218 valence electrons. The number of carbonyl (C=O) groups is 1. The second kappa shape index (κ2) is 13.0. The molecular formula is C31H42N2O7. The fraction of sp³-hybridized carbons (Fsp3) is 0.581. The number of amides is 1. The zero-order valence-corrected chi connectivity index (χ0v) is 23.8. The van der Waals surface area contributed by atoms with Crippen molar-refractivity contribution in [1.29, 1.82) is 0 Å². The smallest absolute Gasteiger partial charge is 0.252 e. The highest BCUT2D eigenvalue weighted by atomic mass is 16.8. The molecule has 3 aliphatic rings. The third-order valence-corrected chi connectivity index (χ3v) is 7.84. The van der Waals surface area contributed by atoms with E-state index in [2.05, 4.69) is 10.2 Å². The van der Waals surface area contributed by atoms with E-state index in [0.717, 1.165) is 49.7 Å². The van der Waals surface area contributed by atoms with Gasteiger partial charge in [-0.1, -0.05) is 42.5 Å². The number of fused-ring (bicyclic) bond motifs is 1. The highest BCUT2D eigenvalue weighted by molar-refractivity contribution is 5.85. The maximum absolute atomic E-state index is 14.0. The van der Waals surface area contributed by atoms with Crippen molar-refractivity contribution in [3.63, 3.8) is 0 Å². The summed E-state index contributed by atoms with van der Waals surface area (Å²) in [6, 6.07) is 17.7. The van der Waals surface area contributed by atoms with Crippen LogP contribution in [0.4, 0.5) is 0 Å². The molecule has 1 saturated carbocycles. The Labute approximate surface area is 237 Å². The van der Waals surface area contributed by atoms with E-state index in [9.17, 15) is 4.79 Å². The summed E-state index contributed by atoms with van der Waals surface area (Å²) in [5.41, 5.74) is 0.828. The molecule has 2 aromatic carbocycles. The first-order valence-corrected chi connectivity index (χ1v) is 14.2. The average Bonchev–Trinajstić information content (AvgIpc) is 3.29. The Morgan fingerprint density at radius 3 is 2.55 bits per heavy atom. The normalized spacial score (nSPS) is 28.1. The number of morpholine rings is 1. The van der Waals surface area contributed by atoms with Gasteiger partial charge in [-0.15, -0.1) is 0 Å². The van der Waals surface area contributed by atoms with Crippen LogP contribution in [-0.4, -0.2) is 87.0 Å². The van der Waals surface area contributed by atoms with Crippen molar-refractivity contribution < 1.29 is 33.2 Å². The van der Waals surface area contributed by atoms with Gasteiger partial charge in [0.25, 0.3) is 5.91 Å². The van der Waals surface area contributed by atoms with Crippen LogP contribution < -0.4 is 10.1 Å². The maximum atomic E-state index is 14.0. The van der Waals surface area contributed by atoms with Crippen LogP contribution in [0.2, 0.25) is 0 Å². The number of benzene rings is 2. The second-order valence-electron chi connectivity index (χ2n) is 11.2.